The fraction of sp³-hybridized carbons (Fsp3) is 0.700. The van der Waals surface area contributed by atoms with E-state index in [1.807, 2.05) is 6.92 Å². The molecule has 0 aromatic rings. The molecule has 1 aliphatic carbocycles. The Morgan fingerprint density at radius 2 is 2.23 bits per heavy atom. The molecule has 0 amide bonds. The molecule has 1 rings (SSSR count). The fourth-order valence-electron chi connectivity index (χ4n) is 1.57. The van der Waals surface area contributed by atoms with Gasteiger partial charge in [-0.2, -0.15) is 0 Å². The summed E-state index contributed by atoms with van der Waals surface area (Å²) in [6, 6.07) is 0. The number of aliphatic hydroxyl groups excluding tert-OH is 1. The maximum Gasteiger partial charge on any atom is 0.167 e. The van der Waals surface area contributed by atoms with E-state index >= 15 is 0 Å². The molecule has 3 heteroatoms. The second-order valence-corrected chi connectivity index (χ2v) is 4.07. The second-order valence-electron chi connectivity index (χ2n) is 4.07. The molecule has 13 heavy (non-hydrogen) atoms. The molecule has 1 saturated carbocycles. The van der Waals surface area contributed by atoms with Gasteiger partial charge in [0.15, 0.2) is 5.78 Å². The van der Waals surface area contributed by atoms with Crippen molar-refractivity contribution in [2.45, 2.75) is 38.4 Å². The standard InChI is InChI=1S/C10H16O3/c1-6(2)7-4-8(11)10(3,13)9(12)5-7/h7-8,11,13H,1,4-5H2,2-3H3/t7-,8-,10?/m1/s1. The van der Waals surface area contributed by atoms with Gasteiger partial charge in [-0.15, -0.1) is 0 Å². The van der Waals surface area contributed by atoms with Crippen molar-refractivity contribution in [1.82, 2.24) is 0 Å². The van der Waals surface area contributed by atoms with Gasteiger partial charge in [0.25, 0.3) is 0 Å². The third kappa shape index (κ3) is 1.81. The van der Waals surface area contributed by atoms with Crippen molar-refractivity contribution in [3.05, 3.63) is 12.2 Å². The van der Waals surface area contributed by atoms with Gasteiger partial charge in [0.1, 0.15) is 5.60 Å². The molecule has 1 unspecified atom stereocenters. The number of ketones is 1. The first-order valence-corrected chi connectivity index (χ1v) is 4.45. The highest BCUT2D eigenvalue weighted by Gasteiger charge is 2.44. The number of carbonyl (C=O) groups excluding carboxylic acids is 1. The summed E-state index contributed by atoms with van der Waals surface area (Å²) in [5.41, 5.74) is -0.672. The van der Waals surface area contributed by atoms with Crippen molar-refractivity contribution < 1.29 is 15.0 Å². The first-order chi connectivity index (χ1) is 5.85. The molecule has 3 atom stereocenters. The van der Waals surface area contributed by atoms with E-state index in [4.69, 9.17) is 0 Å². The van der Waals surface area contributed by atoms with Gasteiger partial charge in [-0.1, -0.05) is 12.2 Å². The van der Waals surface area contributed by atoms with Gasteiger partial charge in [-0.25, -0.2) is 0 Å². The average Bonchev–Trinajstić information content (AvgIpc) is 2.00. The summed E-state index contributed by atoms with van der Waals surface area (Å²) in [5.74, 6) is -0.276. The van der Waals surface area contributed by atoms with E-state index < -0.39 is 11.7 Å². The molecule has 74 valence electrons. The second kappa shape index (κ2) is 3.24. The quantitative estimate of drug-likeness (QED) is 0.588. The zero-order valence-electron chi connectivity index (χ0n) is 8.08. The molecule has 1 aliphatic rings. The highest BCUT2D eigenvalue weighted by molar-refractivity contribution is 5.88. The summed E-state index contributed by atoms with van der Waals surface area (Å²) in [5, 5.41) is 19.1. The largest absolute Gasteiger partial charge is 0.390 e. The predicted molar refractivity (Wildman–Crippen MR) is 49.2 cm³/mol. The Balaban J connectivity index is 2.79. The number of carbonyl (C=O) groups is 1. The van der Waals surface area contributed by atoms with E-state index in [9.17, 15) is 15.0 Å². The van der Waals surface area contributed by atoms with Gasteiger partial charge in [0.2, 0.25) is 0 Å². The Morgan fingerprint density at radius 3 is 2.62 bits per heavy atom. The van der Waals surface area contributed by atoms with Gasteiger partial charge < -0.3 is 10.2 Å². The summed E-state index contributed by atoms with van der Waals surface area (Å²) in [4.78, 5) is 11.4. The lowest BCUT2D eigenvalue weighted by Gasteiger charge is -2.36. The number of hydrogen-bond donors (Lipinski definition) is 2. The monoisotopic (exact) mass is 184 g/mol. The van der Waals surface area contributed by atoms with Crippen LogP contribution in [0, 0.1) is 5.92 Å². The highest BCUT2D eigenvalue weighted by atomic mass is 16.3. The van der Waals surface area contributed by atoms with Crippen LogP contribution in [-0.4, -0.2) is 27.7 Å². The van der Waals surface area contributed by atoms with E-state index in [1.54, 1.807) is 0 Å². The maximum absolute atomic E-state index is 11.4. The molecule has 0 bridgehead atoms. The Labute approximate surface area is 78.1 Å². The maximum atomic E-state index is 11.4. The minimum absolute atomic E-state index is 0.0164. The minimum atomic E-state index is -1.56. The predicted octanol–water partition coefficient (Wildman–Crippen LogP) is 0.653. The van der Waals surface area contributed by atoms with Crippen LogP contribution in [0.3, 0.4) is 0 Å². The highest BCUT2D eigenvalue weighted by Crippen LogP contribution is 2.32. The molecule has 2 N–H and O–H groups in total. The Morgan fingerprint density at radius 1 is 1.69 bits per heavy atom. The van der Waals surface area contributed by atoms with E-state index in [0.717, 1.165) is 5.57 Å². The van der Waals surface area contributed by atoms with Crippen molar-refractivity contribution in [3.8, 4) is 0 Å². The van der Waals surface area contributed by atoms with Crippen LogP contribution in [0.15, 0.2) is 12.2 Å². The zero-order valence-corrected chi connectivity index (χ0v) is 8.08. The number of allylic oxidation sites excluding steroid dienone is 1. The van der Waals surface area contributed by atoms with Crippen LogP contribution in [0.1, 0.15) is 26.7 Å². The average molecular weight is 184 g/mol. The van der Waals surface area contributed by atoms with E-state index in [2.05, 4.69) is 6.58 Å². The van der Waals surface area contributed by atoms with E-state index in [-0.39, 0.29) is 11.7 Å². The summed E-state index contributed by atoms with van der Waals surface area (Å²) in [6.07, 6.45) is -0.247. The topological polar surface area (TPSA) is 57.5 Å². The third-order valence-corrected chi connectivity index (χ3v) is 2.85. The van der Waals surface area contributed by atoms with Gasteiger partial charge in [0.05, 0.1) is 6.10 Å². The minimum Gasteiger partial charge on any atom is -0.390 e. The van der Waals surface area contributed by atoms with E-state index in [0.29, 0.717) is 12.8 Å². The summed E-state index contributed by atoms with van der Waals surface area (Å²) in [6.45, 7) is 6.96. The van der Waals surface area contributed by atoms with Gasteiger partial charge in [-0.3, -0.25) is 4.79 Å². The van der Waals surface area contributed by atoms with Crippen LogP contribution in [0.25, 0.3) is 0 Å². The lowest BCUT2D eigenvalue weighted by atomic mass is 9.74. The van der Waals surface area contributed by atoms with Crippen molar-refractivity contribution in [3.63, 3.8) is 0 Å². The third-order valence-electron chi connectivity index (χ3n) is 2.85. The lowest BCUT2D eigenvalue weighted by Crippen LogP contribution is -2.52. The molecule has 1 fully saturated rings. The van der Waals surface area contributed by atoms with Crippen LogP contribution < -0.4 is 0 Å². The fourth-order valence-corrected chi connectivity index (χ4v) is 1.57. The molecular weight excluding hydrogens is 168 g/mol. The SMILES string of the molecule is C=C(C)[C@H]1CC(=O)C(C)(O)[C@H](O)C1. The first kappa shape index (κ1) is 10.4. The van der Waals surface area contributed by atoms with Crippen LogP contribution in [0.4, 0.5) is 0 Å². The molecule has 0 heterocycles. The van der Waals surface area contributed by atoms with Crippen molar-refractivity contribution in [1.29, 1.82) is 0 Å². The molecule has 0 aromatic carbocycles. The number of aliphatic hydroxyl groups is 2. The molecule has 0 spiro atoms. The Hall–Kier alpha value is -0.670. The van der Waals surface area contributed by atoms with Crippen molar-refractivity contribution in [2.24, 2.45) is 5.92 Å². The number of hydrogen-bond acceptors (Lipinski definition) is 3. The number of rotatable bonds is 1. The normalized spacial score (nSPS) is 40.5. The van der Waals surface area contributed by atoms with Crippen LogP contribution in [0.5, 0.6) is 0 Å². The van der Waals surface area contributed by atoms with Crippen LogP contribution >= 0.6 is 0 Å². The van der Waals surface area contributed by atoms with Crippen LogP contribution in [0.2, 0.25) is 0 Å². The Bertz CT molecular complexity index is 243. The number of Topliss-reactive ketones (excluding diaryl/α,β-unsaturated/α-hetero) is 1. The van der Waals surface area contributed by atoms with Gasteiger partial charge >= 0.3 is 0 Å². The molecule has 0 aromatic heterocycles. The molecule has 3 nitrogen and oxygen atoms in total. The van der Waals surface area contributed by atoms with Gasteiger partial charge in [0, 0.05) is 6.42 Å². The summed E-state index contributed by atoms with van der Waals surface area (Å²) < 4.78 is 0. The summed E-state index contributed by atoms with van der Waals surface area (Å²) in [7, 11) is 0. The van der Waals surface area contributed by atoms with Gasteiger partial charge in [-0.05, 0) is 26.2 Å². The Kier molecular flexibility index (Phi) is 2.59. The smallest absolute Gasteiger partial charge is 0.167 e. The molecule has 0 saturated heterocycles. The lowest BCUT2D eigenvalue weighted by molar-refractivity contribution is -0.155. The van der Waals surface area contributed by atoms with E-state index in [1.165, 1.54) is 6.92 Å². The molecule has 0 aliphatic heterocycles. The zero-order chi connectivity index (χ0) is 10.2. The van der Waals surface area contributed by atoms with Crippen molar-refractivity contribution in [2.75, 3.05) is 0 Å². The molecule has 0 radical (unpaired) electrons. The molecular formula is C10H16O3. The van der Waals surface area contributed by atoms with Crippen molar-refractivity contribution >= 4 is 5.78 Å². The van der Waals surface area contributed by atoms with Crippen LogP contribution in [-0.2, 0) is 4.79 Å². The first-order valence-electron chi connectivity index (χ1n) is 4.45. The summed E-state index contributed by atoms with van der Waals surface area (Å²) >= 11 is 0.